The molecule has 1 saturated carbocycles. The highest BCUT2D eigenvalue weighted by Gasteiger charge is 2.44. The van der Waals surface area contributed by atoms with E-state index in [0.717, 1.165) is 30.6 Å². The third-order valence-corrected chi connectivity index (χ3v) is 5.31. The van der Waals surface area contributed by atoms with Crippen molar-refractivity contribution in [1.29, 1.82) is 0 Å². The zero-order chi connectivity index (χ0) is 18.9. The van der Waals surface area contributed by atoms with Crippen LogP contribution in [0.25, 0.3) is 0 Å². The van der Waals surface area contributed by atoms with Crippen molar-refractivity contribution in [3.05, 3.63) is 52.8 Å². The van der Waals surface area contributed by atoms with E-state index in [-0.39, 0.29) is 17.4 Å². The van der Waals surface area contributed by atoms with Crippen LogP contribution in [-0.4, -0.2) is 41.2 Å². The van der Waals surface area contributed by atoms with Gasteiger partial charge in [0, 0.05) is 24.2 Å². The number of benzene rings is 1. The molecule has 26 heavy (non-hydrogen) atoms. The van der Waals surface area contributed by atoms with Crippen LogP contribution < -0.4 is 5.32 Å². The highest BCUT2D eigenvalue weighted by molar-refractivity contribution is 5.83. The van der Waals surface area contributed by atoms with Gasteiger partial charge in [0.15, 0.2) is 0 Å². The molecule has 3 rings (SSSR count). The molecular formula is C21H30N4O. The van der Waals surface area contributed by atoms with Crippen molar-refractivity contribution < 1.29 is 4.79 Å². The van der Waals surface area contributed by atoms with Crippen molar-refractivity contribution in [1.82, 2.24) is 20.0 Å². The van der Waals surface area contributed by atoms with Crippen molar-refractivity contribution in [3.8, 4) is 0 Å². The first-order valence-corrected chi connectivity index (χ1v) is 9.31. The number of nitrogens with zero attached hydrogens (tertiary/aromatic N) is 3. The smallest absolute Gasteiger partial charge is 0.241 e. The molecule has 0 spiro atoms. The largest absolute Gasteiger partial charge is 0.354 e. The molecule has 0 radical (unpaired) electrons. The Labute approximate surface area is 156 Å². The lowest BCUT2D eigenvalue weighted by Gasteiger charge is -2.26. The zero-order valence-electron chi connectivity index (χ0n) is 16.5. The second-order valence-electron chi connectivity index (χ2n) is 8.08. The maximum atomic E-state index is 12.9. The normalized spacial score (nSPS) is 16.5. The van der Waals surface area contributed by atoms with Gasteiger partial charge in [0.25, 0.3) is 0 Å². The van der Waals surface area contributed by atoms with Gasteiger partial charge in [-0.05, 0) is 59.3 Å². The van der Waals surface area contributed by atoms with Crippen LogP contribution in [0.3, 0.4) is 0 Å². The maximum absolute atomic E-state index is 12.9. The molecule has 0 unspecified atom stereocenters. The summed E-state index contributed by atoms with van der Waals surface area (Å²) in [6, 6.07) is 10.0. The van der Waals surface area contributed by atoms with Crippen molar-refractivity contribution in [3.63, 3.8) is 0 Å². The second kappa shape index (κ2) is 7.23. The van der Waals surface area contributed by atoms with E-state index in [2.05, 4.69) is 47.1 Å². The van der Waals surface area contributed by atoms with Gasteiger partial charge in [-0.2, -0.15) is 5.10 Å². The summed E-state index contributed by atoms with van der Waals surface area (Å²) in [6.07, 6.45) is 2.28. The van der Waals surface area contributed by atoms with Gasteiger partial charge < -0.3 is 5.32 Å². The van der Waals surface area contributed by atoms with Gasteiger partial charge in [0.05, 0.1) is 5.69 Å². The first-order chi connectivity index (χ1) is 12.3. The van der Waals surface area contributed by atoms with Crippen LogP contribution in [0.2, 0.25) is 0 Å². The lowest BCUT2D eigenvalue weighted by atomic mass is 10.0. The summed E-state index contributed by atoms with van der Waals surface area (Å²) in [7, 11) is 3.91. The van der Waals surface area contributed by atoms with E-state index >= 15 is 0 Å². The Kier molecular flexibility index (Phi) is 5.19. The summed E-state index contributed by atoms with van der Waals surface area (Å²) >= 11 is 0. The monoisotopic (exact) mass is 354 g/mol. The summed E-state index contributed by atoms with van der Waals surface area (Å²) in [4.78, 5) is 14.9. The Hall–Kier alpha value is -2.14. The van der Waals surface area contributed by atoms with E-state index < -0.39 is 0 Å². The van der Waals surface area contributed by atoms with Crippen molar-refractivity contribution in [2.24, 2.45) is 5.41 Å². The fourth-order valence-corrected chi connectivity index (χ4v) is 3.62. The molecule has 5 heteroatoms. The number of rotatable bonds is 7. The molecule has 1 N–H and O–H groups in total. The Morgan fingerprint density at radius 1 is 1.27 bits per heavy atom. The van der Waals surface area contributed by atoms with Gasteiger partial charge in [-0.15, -0.1) is 0 Å². The minimum Gasteiger partial charge on any atom is -0.354 e. The first-order valence-electron chi connectivity index (χ1n) is 9.31. The molecule has 1 atom stereocenters. The summed E-state index contributed by atoms with van der Waals surface area (Å²) < 4.78 is 2.08. The number of hydrogen-bond acceptors (Lipinski definition) is 3. The van der Waals surface area contributed by atoms with Crippen LogP contribution in [0, 0.1) is 26.2 Å². The number of aryl methyl sites for hydroxylation is 3. The summed E-state index contributed by atoms with van der Waals surface area (Å²) in [6.45, 7) is 7.76. The Morgan fingerprint density at radius 2 is 2.00 bits per heavy atom. The first kappa shape index (κ1) is 18.6. The average molecular weight is 354 g/mol. The fraction of sp³-hybridized carbons (Fsp3) is 0.524. The van der Waals surface area contributed by atoms with Crippen molar-refractivity contribution >= 4 is 5.91 Å². The van der Waals surface area contributed by atoms with Crippen LogP contribution >= 0.6 is 0 Å². The predicted molar refractivity (Wildman–Crippen MR) is 104 cm³/mol. The summed E-state index contributed by atoms with van der Waals surface area (Å²) in [5.74, 6) is 0.0697. The van der Waals surface area contributed by atoms with Crippen molar-refractivity contribution in [2.75, 3.05) is 20.6 Å². The molecular weight excluding hydrogens is 324 g/mol. The molecule has 1 heterocycles. The maximum Gasteiger partial charge on any atom is 0.241 e. The van der Waals surface area contributed by atoms with Gasteiger partial charge in [-0.25, -0.2) is 0 Å². The number of hydrogen-bond donors (Lipinski definition) is 1. The SMILES string of the molecule is Cc1cccc([C@H](C(=O)NCC2(Cn3nc(C)cc3C)CC2)N(C)C)c1. The molecule has 0 bridgehead atoms. The van der Waals surface area contributed by atoms with E-state index in [1.807, 2.05) is 38.1 Å². The molecule has 2 aromatic rings. The van der Waals surface area contributed by atoms with Crippen molar-refractivity contribution in [2.45, 2.75) is 46.2 Å². The molecule has 1 fully saturated rings. The Morgan fingerprint density at radius 3 is 2.54 bits per heavy atom. The van der Waals surface area contributed by atoms with E-state index in [4.69, 9.17) is 0 Å². The van der Waals surface area contributed by atoms with Crippen LogP contribution in [0.1, 0.15) is 41.4 Å². The average Bonchev–Trinajstić information content (AvgIpc) is 3.24. The standard InChI is InChI=1S/C21H30N4O/c1-15-7-6-8-18(11-15)19(24(4)5)20(26)22-13-21(9-10-21)14-25-17(3)12-16(2)23-25/h6-8,11-12,19H,9-10,13-14H2,1-5H3,(H,22,26)/t19-/m1/s1. The van der Waals surface area contributed by atoms with Crippen LogP contribution in [-0.2, 0) is 11.3 Å². The lowest BCUT2D eigenvalue weighted by Crippen LogP contribution is -2.40. The lowest BCUT2D eigenvalue weighted by molar-refractivity contribution is -0.126. The van der Waals surface area contributed by atoms with Crippen LogP contribution in [0.4, 0.5) is 0 Å². The molecule has 1 aromatic carbocycles. The molecule has 1 aromatic heterocycles. The van der Waals surface area contributed by atoms with Gasteiger partial charge in [-0.3, -0.25) is 14.4 Å². The highest BCUT2D eigenvalue weighted by Crippen LogP contribution is 2.46. The third kappa shape index (κ3) is 4.15. The molecule has 140 valence electrons. The fourth-order valence-electron chi connectivity index (χ4n) is 3.62. The quantitative estimate of drug-likeness (QED) is 0.831. The van der Waals surface area contributed by atoms with E-state index in [9.17, 15) is 4.79 Å². The summed E-state index contributed by atoms with van der Waals surface area (Å²) in [5, 5.41) is 7.79. The Balaban J connectivity index is 1.66. The van der Waals surface area contributed by atoms with Gasteiger partial charge in [-0.1, -0.05) is 29.8 Å². The minimum atomic E-state index is -0.264. The molecule has 5 nitrogen and oxygen atoms in total. The topological polar surface area (TPSA) is 50.2 Å². The van der Waals surface area contributed by atoms with Gasteiger partial charge in [0.1, 0.15) is 6.04 Å². The molecule has 0 aliphatic heterocycles. The molecule has 0 saturated heterocycles. The second-order valence-corrected chi connectivity index (χ2v) is 8.08. The number of carbonyl (C=O) groups is 1. The number of aromatic nitrogens is 2. The number of amides is 1. The number of carbonyl (C=O) groups excluding carboxylic acids is 1. The van der Waals surface area contributed by atoms with E-state index in [1.54, 1.807) is 0 Å². The zero-order valence-corrected chi connectivity index (χ0v) is 16.5. The van der Waals surface area contributed by atoms with Crippen LogP contribution in [0.5, 0.6) is 0 Å². The number of nitrogens with one attached hydrogen (secondary N) is 1. The molecule has 1 aliphatic carbocycles. The van der Waals surface area contributed by atoms with Gasteiger partial charge >= 0.3 is 0 Å². The highest BCUT2D eigenvalue weighted by atomic mass is 16.2. The van der Waals surface area contributed by atoms with E-state index in [0.29, 0.717) is 6.54 Å². The van der Waals surface area contributed by atoms with E-state index in [1.165, 1.54) is 11.3 Å². The predicted octanol–water partition coefficient (Wildman–Crippen LogP) is 3.01. The third-order valence-electron chi connectivity index (χ3n) is 5.31. The molecule has 1 amide bonds. The minimum absolute atomic E-state index is 0.0697. The number of likely N-dealkylation sites (N-methyl/N-ethyl adjacent to an activating group) is 1. The van der Waals surface area contributed by atoms with Crippen LogP contribution in [0.15, 0.2) is 30.3 Å². The van der Waals surface area contributed by atoms with Gasteiger partial charge in [0.2, 0.25) is 5.91 Å². The summed E-state index contributed by atoms with van der Waals surface area (Å²) in [5.41, 5.74) is 4.60. The molecule has 1 aliphatic rings. The Bertz CT molecular complexity index is 789.